The lowest BCUT2D eigenvalue weighted by Crippen LogP contribution is -2.26. The van der Waals surface area contributed by atoms with Crippen LogP contribution in [0.4, 0.5) is 5.69 Å². The van der Waals surface area contributed by atoms with E-state index in [0.29, 0.717) is 17.9 Å². The van der Waals surface area contributed by atoms with Gasteiger partial charge in [0.2, 0.25) is 0 Å². The van der Waals surface area contributed by atoms with Crippen LogP contribution in [0.3, 0.4) is 0 Å². The molecular weight excluding hydrogens is 248 g/mol. The van der Waals surface area contributed by atoms with E-state index in [1.54, 1.807) is 0 Å². The van der Waals surface area contributed by atoms with Crippen molar-refractivity contribution >= 4 is 5.69 Å². The Hall–Kier alpha value is -1.66. The first-order chi connectivity index (χ1) is 8.82. The fourth-order valence-corrected chi connectivity index (χ4v) is 1.80. The Kier molecular flexibility index (Phi) is 5.26. The molecule has 0 saturated carbocycles. The second-order valence-corrected chi connectivity index (χ2v) is 5.07. The molecular formula is C13H20N2O4. The number of nitrogens with two attached hydrogens (primary N) is 1. The molecule has 1 rings (SSSR count). The molecule has 0 aromatic heterocycles. The fourth-order valence-electron chi connectivity index (χ4n) is 1.80. The number of nitrogens with zero attached hydrogens (tertiary/aromatic N) is 1. The molecule has 6 heteroatoms. The summed E-state index contributed by atoms with van der Waals surface area (Å²) in [6.07, 6.45) is 0.606. The summed E-state index contributed by atoms with van der Waals surface area (Å²) < 4.78 is 0. The summed E-state index contributed by atoms with van der Waals surface area (Å²) >= 11 is 0. The maximum Gasteiger partial charge on any atom is 0.311 e. The predicted octanol–water partition coefficient (Wildman–Crippen LogP) is 2.10. The molecule has 0 bridgehead atoms. The number of aromatic hydroxyl groups is 1. The van der Waals surface area contributed by atoms with E-state index in [9.17, 15) is 20.3 Å². The summed E-state index contributed by atoms with van der Waals surface area (Å²) in [5, 5.41) is 30.0. The molecule has 106 valence electrons. The highest BCUT2D eigenvalue weighted by Gasteiger charge is 2.21. The Morgan fingerprint density at radius 3 is 2.53 bits per heavy atom. The molecule has 4 N–H and O–H groups in total. The highest BCUT2D eigenvalue weighted by Crippen LogP contribution is 2.29. The molecule has 19 heavy (non-hydrogen) atoms. The van der Waals surface area contributed by atoms with Gasteiger partial charge in [-0.25, -0.2) is 0 Å². The second kappa shape index (κ2) is 6.49. The number of rotatable bonds is 6. The largest absolute Gasteiger partial charge is 0.502 e. The van der Waals surface area contributed by atoms with Gasteiger partial charge >= 0.3 is 5.69 Å². The van der Waals surface area contributed by atoms with E-state index in [1.807, 2.05) is 13.8 Å². The van der Waals surface area contributed by atoms with Gasteiger partial charge in [-0.2, -0.15) is 0 Å². The van der Waals surface area contributed by atoms with Gasteiger partial charge in [0.15, 0.2) is 5.75 Å². The van der Waals surface area contributed by atoms with Gasteiger partial charge in [-0.3, -0.25) is 10.1 Å². The average Bonchev–Trinajstić information content (AvgIpc) is 2.35. The van der Waals surface area contributed by atoms with Gasteiger partial charge in [0.25, 0.3) is 0 Å². The lowest BCUT2D eigenvalue weighted by molar-refractivity contribution is -0.385. The first-order valence-electron chi connectivity index (χ1n) is 6.24. The van der Waals surface area contributed by atoms with Crippen LogP contribution in [0.1, 0.15) is 38.3 Å². The molecule has 0 amide bonds. The Bertz CT molecular complexity index is 448. The zero-order chi connectivity index (χ0) is 14.6. The summed E-state index contributed by atoms with van der Waals surface area (Å²) in [6.45, 7) is 4.09. The summed E-state index contributed by atoms with van der Waals surface area (Å²) in [5.74, 6) is 0.0497. The van der Waals surface area contributed by atoms with Crippen LogP contribution in [0, 0.1) is 16.0 Å². The van der Waals surface area contributed by atoms with E-state index < -0.39 is 28.5 Å². The number of nitro benzene ring substituents is 1. The van der Waals surface area contributed by atoms with Gasteiger partial charge in [-0.1, -0.05) is 19.9 Å². The van der Waals surface area contributed by atoms with E-state index in [0.717, 1.165) is 6.42 Å². The molecule has 0 saturated heterocycles. The molecule has 0 aliphatic carbocycles. The predicted molar refractivity (Wildman–Crippen MR) is 71.8 cm³/mol. The average molecular weight is 268 g/mol. The number of phenols is 1. The fraction of sp³-hybridized carbons (Fsp3) is 0.538. The van der Waals surface area contributed by atoms with Crippen molar-refractivity contribution in [2.75, 3.05) is 0 Å². The molecule has 0 heterocycles. The molecule has 0 spiro atoms. The Labute approximate surface area is 112 Å². The van der Waals surface area contributed by atoms with Crippen LogP contribution in [0.5, 0.6) is 5.75 Å². The summed E-state index contributed by atoms with van der Waals surface area (Å²) in [7, 11) is 0. The lowest BCUT2D eigenvalue weighted by atomic mass is 9.95. The molecule has 0 fully saturated rings. The molecule has 0 unspecified atom stereocenters. The van der Waals surface area contributed by atoms with Gasteiger partial charge in [0.1, 0.15) is 0 Å². The van der Waals surface area contributed by atoms with Gasteiger partial charge in [-0.05, 0) is 30.4 Å². The van der Waals surface area contributed by atoms with E-state index in [1.165, 1.54) is 18.2 Å². The number of hydrogen-bond donors (Lipinski definition) is 3. The van der Waals surface area contributed by atoms with E-state index >= 15 is 0 Å². The third kappa shape index (κ3) is 4.18. The molecule has 1 aromatic carbocycles. The molecule has 1 aromatic rings. The van der Waals surface area contributed by atoms with Crippen molar-refractivity contribution in [2.45, 2.75) is 38.8 Å². The normalized spacial score (nSPS) is 14.4. The van der Waals surface area contributed by atoms with E-state index in [4.69, 9.17) is 5.73 Å². The van der Waals surface area contributed by atoms with Crippen molar-refractivity contribution in [1.29, 1.82) is 0 Å². The minimum atomic E-state index is -0.758. The van der Waals surface area contributed by atoms with Crippen molar-refractivity contribution in [2.24, 2.45) is 11.7 Å². The SMILES string of the molecule is CC(C)CC[C@H](O)[C@H](N)c1ccc(O)c([N+](=O)[O-])c1. The van der Waals surface area contributed by atoms with Crippen molar-refractivity contribution in [3.8, 4) is 5.75 Å². The molecule has 0 aliphatic heterocycles. The minimum absolute atomic E-state index is 0.399. The quantitative estimate of drug-likeness (QED) is 0.540. The van der Waals surface area contributed by atoms with Crippen molar-refractivity contribution in [3.05, 3.63) is 33.9 Å². The van der Waals surface area contributed by atoms with Crippen LogP contribution < -0.4 is 5.73 Å². The zero-order valence-corrected chi connectivity index (χ0v) is 11.1. The summed E-state index contributed by atoms with van der Waals surface area (Å²) in [5.41, 5.74) is 5.94. The zero-order valence-electron chi connectivity index (χ0n) is 11.1. The molecule has 0 aliphatic rings. The third-order valence-electron chi connectivity index (χ3n) is 3.04. The van der Waals surface area contributed by atoms with Crippen molar-refractivity contribution < 1.29 is 15.1 Å². The monoisotopic (exact) mass is 268 g/mol. The maximum atomic E-state index is 10.7. The highest BCUT2D eigenvalue weighted by atomic mass is 16.6. The number of nitro groups is 1. The lowest BCUT2D eigenvalue weighted by Gasteiger charge is -2.20. The number of benzene rings is 1. The van der Waals surface area contributed by atoms with Crippen LogP contribution in [-0.2, 0) is 0 Å². The first-order valence-corrected chi connectivity index (χ1v) is 6.24. The maximum absolute atomic E-state index is 10.7. The molecule has 0 radical (unpaired) electrons. The summed E-state index contributed by atoms with van der Waals surface area (Å²) in [6, 6.07) is 3.23. The highest BCUT2D eigenvalue weighted by molar-refractivity contribution is 5.48. The number of aliphatic hydroxyl groups excluding tert-OH is 1. The first kappa shape index (κ1) is 15.4. The minimum Gasteiger partial charge on any atom is -0.502 e. The Morgan fingerprint density at radius 2 is 2.00 bits per heavy atom. The topological polar surface area (TPSA) is 110 Å². The standard InChI is InChI=1S/C13H20N2O4/c1-8(2)3-5-12(17)13(14)9-4-6-11(16)10(7-9)15(18)19/h4,6-8,12-13,16-17H,3,5,14H2,1-2H3/t12-,13+/m0/s1. The number of hydrogen-bond acceptors (Lipinski definition) is 5. The number of aliphatic hydroxyl groups is 1. The van der Waals surface area contributed by atoms with Crippen LogP contribution in [0.2, 0.25) is 0 Å². The second-order valence-electron chi connectivity index (χ2n) is 5.07. The molecule has 6 nitrogen and oxygen atoms in total. The van der Waals surface area contributed by atoms with Gasteiger partial charge < -0.3 is 15.9 Å². The van der Waals surface area contributed by atoms with Gasteiger partial charge in [-0.15, -0.1) is 0 Å². The Morgan fingerprint density at radius 1 is 1.37 bits per heavy atom. The summed E-state index contributed by atoms with van der Waals surface area (Å²) in [4.78, 5) is 10.0. The van der Waals surface area contributed by atoms with Crippen LogP contribution in [0.15, 0.2) is 18.2 Å². The van der Waals surface area contributed by atoms with E-state index in [-0.39, 0.29) is 0 Å². The van der Waals surface area contributed by atoms with Gasteiger partial charge in [0, 0.05) is 6.07 Å². The third-order valence-corrected chi connectivity index (χ3v) is 3.04. The van der Waals surface area contributed by atoms with Crippen molar-refractivity contribution in [1.82, 2.24) is 0 Å². The smallest absolute Gasteiger partial charge is 0.311 e. The number of phenolic OH excluding ortho intramolecular Hbond substituents is 1. The van der Waals surface area contributed by atoms with Crippen LogP contribution >= 0.6 is 0 Å². The Balaban J connectivity index is 2.84. The van der Waals surface area contributed by atoms with Crippen LogP contribution in [-0.4, -0.2) is 21.2 Å². The molecule has 2 atom stereocenters. The van der Waals surface area contributed by atoms with Crippen molar-refractivity contribution in [3.63, 3.8) is 0 Å². The van der Waals surface area contributed by atoms with E-state index in [2.05, 4.69) is 0 Å². The van der Waals surface area contributed by atoms with Crippen LogP contribution in [0.25, 0.3) is 0 Å². The van der Waals surface area contributed by atoms with Gasteiger partial charge in [0.05, 0.1) is 17.1 Å².